The quantitative estimate of drug-likeness (QED) is 0.665. The third kappa shape index (κ3) is 4.34. The summed E-state index contributed by atoms with van der Waals surface area (Å²) in [5.41, 5.74) is 4.18. The van der Waals surface area contributed by atoms with Gasteiger partial charge < -0.3 is 15.0 Å². The van der Waals surface area contributed by atoms with E-state index < -0.39 is 0 Å². The van der Waals surface area contributed by atoms with Crippen molar-refractivity contribution in [3.05, 3.63) is 24.3 Å². The van der Waals surface area contributed by atoms with Crippen LogP contribution in [0.1, 0.15) is 0 Å². The molecule has 0 bridgehead atoms. The fourth-order valence-electron chi connectivity index (χ4n) is 1.98. The van der Waals surface area contributed by atoms with E-state index >= 15 is 0 Å². The molecule has 3 N–H and O–H groups in total. The van der Waals surface area contributed by atoms with E-state index in [1.54, 1.807) is 12.0 Å². The average Bonchev–Trinajstić information content (AvgIpc) is 2.42. The number of quaternary nitrogens is 1. The van der Waals surface area contributed by atoms with E-state index in [1.165, 1.54) is 0 Å². The molecule has 6 heteroatoms. The van der Waals surface area contributed by atoms with Crippen molar-refractivity contribution in [2.75, 3.05) is 45.7 Å². The Hall–Kier alpha value is -1.37. The molecular formula is C13H21N4OS+. The topological polar surface area (TPSA) is 41.0 Å². The molecule has 0 spiro atoms. The summed E-state index contributed by atoms with van der Waals surface area (Å²) in [6.07, 6.45) is 0. The van der Waals surface area contributed by atoms with Gasteiger partial charge in [-0.15, -0.1) is 0 Å². The summed E-state index contributed by atoms with van der Waals surface area (Å²) in [5, 5.41) is 5.96. The van der Waals surface area contributed by atoms with Crippen molar-refractivity contribution in [3.8, 4) is 5.75 Å². The zero-order valence-corrected chi connectivity index (χ0v) is 12.2. The minimum absolute atomic E-state index is 0.629. The van der Waals surface area contributed by atoms with Crippen molar-refractivity contribution < 1.29 is 9.64 Å². The highest BCUT2D eigenvalue weighted by atomic mass is 32.1. The number of hydrogen-bond donors (Lipinski definition) is 3. The molecule has 0 aromatic heterocycles. The molecule has 1 aliphatic rings. The first kappa shape index (κ1) is 14.0. The molecule has 1 saturated heterocycles. The molecule has 0 radical (unpaired) electrons. The number of hydrazine groups is 1. The molecule has 0 saturated carbocycles. The van der Waals surface area contributed by atoms with Gasteiger partial charge in [0, 0.05) is 5.69 Å². The van der Waals surface area contributed by atoms with Crippen LogP contribution in [-0.2, 0) is 0 Å². The summed E-state index contributed by atoms with van der Waals surface area (Å²) in [6, 6.07) is 7.70. The Balaban J connectivity index is 1.80. The maximum atomic E-state index is 5.31. The van der Waals surface area contributed by atoms with Crippen LogP contribution in [0.4, 0.5) is 5.69 Å². The second-order valence-corrected chi connectivity index (χ2v) is 5.15. The smallest absolute Gasteiger partial charge is 0.185 e. The second-order valence-electron chi connectivity index (χ2n) is 4.74. The van der Waals surface area contributed by atoms with Crippen LogP contribution < -0.4 is 20.4 Å². The van der Waals surface area contributed by atoms with Gasteiger partial charge in [-0.25, -0.2) is 5.01 Å². The second kappa shape index (κ2) is 6.70. The predicted octanol–water partition coefficient (Wildman–Crippen LogP) is -0.273. The number of anilines is 1. The van der Waals surface area contributed by atoms with Gasteiger partial charge in [-0.1, -0.05) is 0 Å². The summed E-state index contributed by atoms with van der Waals surface area (Å²) < 4.78 is 5.12. The Morgan fingerprint density at radius 1 is 1.26 bits per heavy atom. The van der Waals surface area contributed by atoms with Gasteiger partial charge in [0.25, 0.3) is 0 Å². The number of ether oxygens (including phenoxy) is 1. The molecule has 0 unspecified atom stereocenters. The van der Waals surface area contributed by atoms with Gasteiger partial charge in [0.15, 0.2) is 5.11 Å². The van der Waals surface area contributed by atoms with E-state index in [0.29, 0.717) is 5.11 Å². The molecular weight excluding hydrogens is 260 g/mol. The SMILES string of the molecule is COc1ccc(NC(=S)NN2CC[NH+](C)CC2)cc1. The third-order valence-electron chi connectivity index (χ3n) is 3.22. The minimum Gasteiger partial charge on any atom is -0.497 e. The van der Waals surface area contributed by atoms with Gasteiger partial charge in [-0.3, -0.25) is 5.43 Å². The van der Waals surface area contributed by atoms with Gasteiger partial charge in [0.2, 0.25) is 0 Å². The number of thiocarbonyl (C=S) groups is 1. The van der Waals surface area contributed by atoms with Crippen molar-refractivity contribution >= 4 is 23.0 Å². The summed E-state index contributed by atoms with van der Waals surface area (Å²) >= 11 is 5.31. The molecule has 1 aromatic rings. The molecule has 1 fully saturated rings. The first-order valence-corrected chi connectivity index (χ1v) is 6.86. The normalized spacial score (nSPS) is 16.9. The van der Waals surface area contributed by atoms with E-state index in [2.05, 4.69) is 22.8 Å². The third-order valence-corrected chi connectivity index (χ3v) is 3.42. The van der Waals surface area contributed by atoms with Crippen LogP contribution in [0.15, 0.2) is 24.3 Å². The summed E-state index contributed by atoms with van der Waals surface area (Å²) in [5.74, 6) is 0.839. The van der Waals surface area contributed by atoms with Gasteiger partial charge >= 0.3 is 0 Å². The number of nitrogens with one attached hydrogen (secondary N) is 3. The average molecular weight is 281 g/mol. The van der Waals surface area contributed by atoms with E-state index in [-0.39, 0.29) is 0 Å². The highest BCUT2D eigenvalue weighted by Gasteiger charge is 2.16. The molecule has 0 aliphatic carbocycles. The molecule has 2 rings (SSSR count). The predicted molar refractivity (Wildman–Crippen MR) is 80.5 cm³/mol. The van der Waals surface area contributed by atoms with Crippen LogP contribution in [0.5, 0.6) is 5.75 Å². The number of likely N-dealkylation sites (N-methyl/N-ethyl adjacent to an activating group) is 1. The van der Waals surface area contributed by atoms with E-state index in [4.69, 9.17) is 17.0 Å². The fraction of sp³-hybridized carbons (Fsp3) is 0.462. The molecule has 1 aromatic carbocycles. The molecule has 1 heterocycles. The Morgan fingerprint density at radius 3 is 2.47 bits per heavy atom. The number of nitrogens with zero attached hydrogens (tertiary/aromatic N) is 1. The Morgan fingerprint density at radius 2 is 1.89 bits per heavy atom. The maximum absolute atomic E-state index is 5.31. The zero-order chi connectivity index (χ0) is 13.7. The number of benzene rings is 1. The van der Waals surface area contributed by atoms with Gasteiger partial charge in [-0.2, -0.15) is 0 Å². The minimum atomic E-state index is 0.629. The van der Waals surface area contributed by atoms with Crippen molar-refractivity contribution in [1.82, 2.24) is 10.4 Å². The Kier molecular flexibility index (Phi) is 4.95. The number of rotatable bonds is 3. The Labute approximate surface area is 119 Å². The monoisotopic (exact) mass is 281 g/mol. The lowest BCUT2D eigenvalue weighted by molar-refractivity contribution is -0.884. The highest BCUT2D eigenvalue weighted by Crippen LogP contribution is 2.14. The van der Waals surface area contributed by atoms with Crippen LogP contribution in [0, 0.1) is 0 Å². The lowest BCUT2D eigenvalue weighted by atomic mass is 10.3. The molecule has 19 heavy (non-hydrogen) atoms. The molecule has 5 nitrogen and oxygen atoms in total. The van der Waals surface area contributed by atoms with Crippen molar-refractivity contribution in [1.29, 1.82) is 0 Å². The van der Waals surface area contributed by atoms with Crippen LogP contribution in [0.2, 0.25) is 0 Å². The van der Waals surface area contributed by atoms with Crippen molar-refractivity contribution in [2.45, 2.75) is 0 Å². The fourth-order valence-corrected chi connectivity index (χ4v) is 2.22. The van der Waals surface area contributed by atoms with Gasteiger partial charge in [0.05, 0.1) is 40.3 Å². The van der Waals surface area contributed by atoms with E-state index in [1.807, 2.05) is 24.3 Å². The zero-order valence-electron chi connectivity index (χ0n) is 11.4. The van der Waals surface area contributed by atoms with Crippen molar-refractivity contribution in [2.24, 2.45) is 0 Å². The number of piperazine rings is 1. The largest absolute Gasteiger partial charge is 0.497 e. The summed E-state index contributed by atoms with van der Waals surface area (Å²) in [7, 11) is 3.87. The van der Waals surface area contributed by atoms with E-state index in [0.717, 1.165) is 37.6 Å². The van der Waals surface area contributed by atoms with Gasteiger partial charge in [-0.05, 0) is 36.5 Å². The molecule has 0 amide bonds. The van der Waals surface area contributed by atoms with Gasteiger partial charge in [0.1, 0.15) is 5.75 Å². The summed E-state index contributed by atoms with van der Waals surface area (Å²) in [6.45, 7) is 4.29. The molecule has 1 aliphatic heterocycles. The standard InChI is InChI=1S/C13H20N4OS/c1-16-7-9-17(10-8-16)15-13(19)14-11-3-5-12(18-2)6-4-11/h3-6H,7-10H2,1-2H3,(H2,14,15,19)/p+1. The van der Waals surface area contributed by atoms with Crippen LogP contribution in [0.3, 0.4) is 0 Å². The molecule has 0 atom stereocenters. The lowest BCUT2D eigenvalue weighted by Gasteiger charge is -2.31. The number of methoxy groups -OCH3 is 1. The highest BCUT2D eigenvalue weighted by molar-refractivity contribution is 7.80. The van der Waals surface area contributed by atoms with Crippen LogP contribution >= 0.6 is 12.2 Å². The first-order chi connectivity index (χ1) is 9.17. The van der Waals surface area contributed by atoms with Crippen LogP contribution in [0.25, 0.3) is 0 Å². The summed E-state index contributed by atoms with van der Waals surface area (Å²) in [4.78, 5) is 1.56. The Bertz CT molecular complexity index is 415. The van der Waals surface area contributed by atoms with Crippen LogP contribution in [-0.4, -0.2) is 50.5 Å². The number of hydrogen-bond acceptors (Lipinski definition) is 3. The van der Waals surface area contributed by atoms with Crippen molar-refractivity contribution in [3.63, 3.8) is 0 Å². The molecule has 104 valence electrons. The maximum Gasteiger partial charge on any atom is 0.185 e. The van der Waals surface area contributed by atoms with E-state index in [9.17, 15) is 0 Å². The first-order valence-electron chi connectivity index (χ1n) is 6.45. The lowest BCUT2D eigenvalue weighted by Crippen LogP contribution is -3.12.